The summed E-state index contributed by atoms with van der Waals surface area (Å²) in [6.45, 7) is -0.116. The summed E-state index contributed by atoms with van der Waals surface area (Å²) in [6, 6.07) is 0. The maximum atomic E-state index is 11.4. The van der Waals surface area contributed by atoms with Gasteiger partial charge < -0.3 is 21.9 Å². The van der Waals surface area contributed by atoms with Crippen molar-refractivity contribution in [2.75, 3.05) is 13.2 Å². The van der Waals surface area contributed by atoms with Gasteiger partial charge in [-0.3, -0.25) is 10.2 Å². The van der Waals surface area contributed by atoms with E-state index in [0.29, 0.717) is 6.42 Å². The first-order chi connectivity index (χ1) is 8.31. The highest BCUT2D eigenvalue weighted by Crippen LogP contribution is 2.16. The molecule has 0 fully saturated rings. The van der Waals surface area contributed by atoms with E-state index in [-0.39, 0.29) is 25.3 Å². The molecule has 0 heterocycles. The zero-order valence-electron chi connectivity index (χ0n) is 9.72. The number of aliphatic hydroxyl groups excluding tert-OH is 1. The van der Waals surface area contributed by atoms with Crippen molar-refractivity contribution >= 4 is 11.9 Å². The average molecular weight is 263 g/mol. The number of nitrogens with one attached hydrogen (secondary N) is 2. The zero-order chi connectivity index (χ0) is 14.2. The minimum Gasteiger partial charge on any atom is -0.396 e. The van der Waals surface area contributed by atoms with E-state index in [1.54, 1.807) is 0 Å². The van der Waals surface area contributed by atoms with E-state index in [4.69, 9.17) is 22.0 Å². The molecule has 1 atom stereocenters. The van der Waals surface area contributed by atoms with Gasteiger partial charge in [0.1, 0.15) is 5.54 Å². The van der Waals surface area contributed by atoms with Crippen LogP contribution in [0.25, 0.3) is 0 Å². The third-order valence-corrected chi connectivity index (χ3v) is 2.24. The molecular formula is C8H17N5O5. The third kappa shape index (κ3) is 5.96. The first-order valence-corrected chi connectivity index (χ1v) is 5.16. The molecule has 0 aliphatic carbocycles. The smallest absolute Gasteiger partial charge is 0.323 e. The van der Waals surface area contributed by atoms with Crippen LogP contribution in [-0.4, -0.2) is 40.8 Å². The highest BCUT2D eigenvalue weighted by Gasteiger charge is 2.35. The van der Waals surface area contributed by atoms with Crippen molar-refractivity contribution in [1.82, 2.24) is 5.32 Å². The van der Waals surface area contributed by atoms with E-state index in [9.17, 15) is 14.9 Å². The SMILES string of the molecule is N=C(N)NCCCC(N)(CCO)C(=O)O[N+](=O)[O-]. The molecule has 0 aromatic carbocycles. The van der Waals surface area contributed by atoms with E-state index in [1.165, 1.54) is 0 Å². The largest absolute Gasteiger partial charge is 0.396 e. The first-order valence-electron chi connectivity index (χ1n) is 5.16. The molecule has 18 heavy (non-hydrogen) atoms. The number of guanidine groups is 1. The molecule has 10 heteroatoms. The van der Waals surface area contributed by atoms with Crippen LogP contribution in [-0.2, 0) is 9.63 Å². The summed E-state index contributed by atoms with van der Waals surface area (Å²) >= 11 is 0. The maximum Gasteiger partial charge on any atom is 0.323 e. The second kappa shape index (κ2) is 7.40. The van der Waals surface area contributed by atoms with E-state index < -0.39 is 23.2 Å². The highest BCUT2D eigenvalue weighted by atomic mass is 17.0. The lowest BCUT2D eigenvalue weighted by molar-refractivity contribution is -0.730. The Bertz CT molecular complexity index is 323. The topological polar surface area (TPSA) is 178 Å². The van der Waals surface area contributed by atoms with Crippen LogP contribution in [0.2, 0.25) is 0 Å². The lowest BCUT2D eigenvalue weighted by atomic mass is 9.91. The molecule has 0 aromatic heterocycles. The molecule has 0 aliphatic rings. The summed E-state index contributed by atoms with van der Waals surface area (Å²) < 4.78 is 0. The molecule has 1 unspecified atom stereocenters. The van der Waals surface area contributed by atoms with Crippen LogP contribution in [0.5, 0.6) is 0 Å². The fourth-order valence-corrected chi connectivity index (χ4v) is 1.31. The Morgan fingerprint density at radius 2 is 2.17 bits per heavy atom. The standard InChI is InChI=1S/C8H17N5O5/c9-7(10)12-4-1-2-8(11,3-5-14)6(15)18-13(16)17/h14H,1-5,11H2,(H4,9,10,12). The van der Waals surface area contributed by atoms with E-state index >= 15 is 0 Å². The molecule has 7 N–H and O–H groups in total. The lowest BCUT2D eigenvalue weighted by Gasteiger charge is -2.25. The minimum atomic E-state index is -1.62. The van der Waals surface area contributed by atoms with Crippen molar-refractivity contribution in [1.29, 1.82) is 5.41 Å². The van der Waals surface area contributed by atoms with Gasteiger partial charge in [-0.1, -0.05) is 0 Å². The number of nitrogens with two attached hydrogens (primary N) is 2. The van der Waals surface area contributed by atoms with Crippen LogP contribution in [0.4, 0.5) is 0 Å². The molecule has 0 bridgehead atoms. The summed E-state index contributed by atoms with van der Waals surface area (Å²) in [5.41, 5.74) is 9.09. The lowest BCUT2D eigenvalue weighted by Crippen LogP contribution is -2.50. The summed E-state index contributed by atoms with van der Waals surface area (Å²) in [5.74, 6) is -1.43. The molecule has 104 valence electrons. The normalized spacial score (nSPS) is 13.4. The quantitative estimate of drug-likeness (QED) is 0.110. The predicted octanol–water partition coefficient (Wildman–Crippen LogP) is -1.94. The van der Waals surface area contributed by atoms with Crippen molar-refractivity contribution < 1.29 is 19.8 Å². The molecule has 0 saturated carbocycles. The van der Waals surface area contributed by atoms with E-state index in [2.05, 4.69) is 10.2 Å². The highest BCUT2D eigenvalue weighted by molar-refractivity contribution is 5.80. The molecule has 10 nitrogen and oxygen atoms in total. The average Bonchev–Trinajstić information content (AvgIpc) is 2.23. The van der Waals surface area contributed by atoms with Crippen molar-refractivity contribution in [2.45, 2.75) is 24.8 Å². The first kappa shape index (κ1) is 16.1. The summed E-state index contributed by atoms with van der Waals surface area (Å²) in [4.78, 5) is 25.3. The molecule has 0 aliphatic heterocycles. The van der Waals surface area contributed by atoms with Gasteiger partial charge in [-0.05, 0) is 19.3 Å². The van der Waals surface area contributed by atoms with Gasteiger partial charge in [0, 0.05) is 13.2 Å². The molecule has 0 saturated heterocycles. The number of hydrogen-bond donors (Lipinski definition) is 5. The van der Waals surface area contributed by atoms with Gasteiger partial charge >= 0.3 is 11.1 Å². The Balaban J connectivity index is 4.36. The van der Waals surface area contributed by atoms with Crippen molar-refractivity contribution in [3.63, 3.8) is 0 Å². The van der Waals surface area contributed by atoms with Crippen LogP contribution >= 0.6 is 0 Å². The van der Waals surface area contributed by atoms with Crippen molar-refractivity contribution in [3.05, 3.63) is 10.1 Å². The van der Waals surface area contributed by atoms with Gasteiger partial charge in [-0.25, -0.2) is 4.84 Å². The monoisotopic (exact) mass is 263 g/mol. The Morgan fingerprint density at radius 3 is 2.61 bits per heavy atom. The van der Waals surface area contributed by atoms with Crippen molar-refractivity contribution in [3.8, 4) is 0 Å². The minimum absolute atomic E-state index is 0.0561. The van der Waals surface area contributed by atoms with E-state index in [1.807, 2.05) is 0 Å². The van der Waals surface area contributed by atoms with Gasteiger partial charge in [0.05, 0.1) is 0 Å². The number of hydrogen-bond acceptors (Lipinski definition) is 7. The molecule has 0 amide bonds. The Morgan fingerprint density at radius 1 is 1.56 bits per heavy atom. The van der Waals surface area contributed by atoms with Crippen LogP contribution in [0.3, 0.4) is 0 Å². The maximum absolute atomic E-state index is 11.4. The number of rotatable bonds is 8. The van der Waals surface area contributed by atoms with Gasteiger partial charge in [-0.2, -0.15) is 0 Å². The van der Waals surface area contributed by atoms with Crippen LogP contribution in [0.1, 0.15) is 19.3 Å². The number of nitrogens with zero attached hydrogens (tertiary/aromatic N) is 1. The van der Waals surface area contributed by atoms with Crippen molar-refractivity contribution in [2.24, 2.45) is 11.5 Å². The summed E-state index contributed by atoms with van der Waals surface area (Å²) in [5, 5.41) is 27.0. The molecule has 0 rings (SSSR count). The zero-order valence-corrected chi connectivity index (χ0v) is 9.72. The second-order valence-electron chi connectivity index (χ2n) is 3.68. The second-order valence-corrected chi connectivity index (χ2v) is 3.68. The number of carbonyl (C=O) groups excluding carboxylic acids is 1. The van der Waals surface area contributed by atoms with Gasteiger partial charge in [0.2, 0.25) is 0 Å². The Labute approximate surface area is 103 Å². The molecular weight excluding hydrogens is 246 g/mol. The molecule has 0 spiro atoms. The fourth-order valence-electron chi connectivity index (χ4n) is 1.31. The van der Waals surface area contributed by atoms with E-state index in [0.717, 1.165) is 0 Å². The Hall–Kier alpha value is -1.94. The summed E-state index contributed by atoms with van der Waals surface area (Å²) in [7, 11) is 0. The summed E-state index contributed by atoms with van der Waals surface area (Å²) in [6.07, 6.45) is 0.239. The third-order valence-electron chi connectivity index (χ3n) is 2.24. The van der Waals surface area contributed by atoms with Gasteiger partial charge in [0.15, 0.2) is 5.96 Å². The fraction of sp³-hybridized carbons (Fsp3) is 0.750. The molecule has 0 aromatic rings. The predicted molar refractivity (Wildman–Crippen MR) is 60.9 cm³/mol. The van der Waals surface area contributed by atoms with Crippen LogP contribution in [0.15, 0.2) is 0 Å². The Kier molecular flexibility index (Phi) is 6.60. The number of aliphatic hydroxyl groups is 1. The van der Waals surface area contributed by atoms with Crippen LogP contribution < -0.4 is 16.8 Å². The van der Waals surface area contributed by atoms with Gasteiger partial charge in [-0.15, -0.1) is 10.1 Å². The molecule has 0 radical (unpaired) electrons. The van der Waals surface area contributed by atoms with Crippen LogP contribution in [0, 0.1) is 15.5 Å². The van der Waals surface area contributed by atoms with Gasteiger partial charge in [0.25, 0.3) is 0 Å². The number of carbonyl (C=O) groups is 1.